The van der Waals surface area contributed by atoms with Gasteiger partial charge in [-0.25, -0.2) is 9.18 Å². The van der Waals surface area contributed by atoms with Crippen LogP contribution in [0, 0.1) is 5.82 Å². The normalized spacial score (nSPS) is 23.8. The minimum absolute atomic E-state index is 0.222. The van der Waals surface area contributed by atoms with E-state index in [2.05, 4.69) is 20.8 Å². The summed E-state index contributed by atoms with van der Waals surface area (Å²) in [7, 11) is 0. The molecule has 1 aromatic carbocycles. The van der Waals surface area contributed by atoms with Gasteiger partial charge in [-0.15, -0.1) is 0 Å². The van der Waals surface area contributed by atoms with Crippen LogP contribution in [0.1, 0.15) is 46.2 Å². The summed E-state index contributed by atoms with van der Waals surface area (Å²) in [6.45, 7) is 8.31. The lowest BCUT2D eigenvalue weighted by Crippen LogP contribution is -2.56. The van der Waals surface area contributed by atoms with E-state index >= 15 is 0 Å². The summed E-state index contributed by atoms with van der Waals surface area (Å²) in [6, 6.07) is 10.1. The number of hydrogen-bond acceptors (Lipinski definition) is 3. The summed E-state index contributed by atoms with van der Waals surface area (Å²) in [5.41, 5.74) is 1.05. The Labute approximate surface area is 153 Å². The second kappa shape index (κ2) is 6.54. The van der Waals surface area contributed by atoms with Crippen molar-refractivity contribution in [2.75, 3.05) is 6.61 Å². The highest BCUT2D eigenvalue weighted by atomic mass is 19.1. The van der Waals surface area contributed by atoms with Crippen molar-refractivity contribution in [1.29, 1.82) is 0 Å². The first-order valence-electron chi connectivity index (χ1n) is 9.05. The number of benzene rings is 1. The number of ether oxygens (including phenoxy) is 1. The van der Waals surface area contributed by atoms with Gasteiger partial charge in [-0.05, 0) is 48.4 Å². The van der Waals surface area contributed by atoms with Gasteiger partial charge in [-0.2, -0.15) is 0 Å². The molecule has 26 heavy (non-hydrogen) atoms. The summed E-state index contributed by atoms with van der Waals surface area (Å²) in [5.74, 6) is -0.728. The Morgan fingerprint density at radius 3 is 2.42 bits per heavy atom. The maximum Gasteiger partial charge on any atom is 0.335 e. The molecule has 0 bridgehead atoms. The third kappa shape index (κ3) is 2.84. The van der Waals surface area contributed by atoms with Gasteiger partial charge in [0.1, 0.15) is 5.82 Å². The predicted octanol–water partition coefficient (Wildman–Crippen LogP) is 4.00. The van der Waals surface area contributed by atoms with Crippen LogP contribution in [0.5, 0.6) is 0 Å². The van der Waals surface area contributed by atoms with E-state index in [9.17, 15) is 14.3 Å². The van der Waals surface area contributed by atoms with Crippen LogP contribution in [0.4, 0.5) is 4.39 Å². The molecule has 0 saturated carbocycles. The van der Waals surface area contributed by atoms with Gasteiger partial charge in [-0.3, -0.25) is 0 Å². The molecule has 1 saturated heterocycles. The Balaban J connectivity index is 2.31. The molecule has 1 aliphatic rings. The van der Waals surface area contributed by atoms with Crippen LogP contribution in [0.3, 0.4) is 0 Å². The van der Waals surface area contributed by atoms with Crippen molar-refractivity contribution in [2.45, 2.75) is 57.6 Å². The van der Waals surface area contributed by atoms with Gasteiger partial charge in [0.25, 0.3) is 0 Å². The Morgan fingerprint density at radius 2 is 1.88 bits per heavy atom. The second-order valence-corrected chi connectivity index (χ2v) is 7.91. The van der Waals surface area contributed by atoms with Crippen molar-refractivity contribution < 1.29 is 19.0 Å². The molecule has 140 valence electrons. The molecule has 0 aliphatic carbocycles. The second-order valence-electron chi connectivity index (χ2n) is 7.91. The highest BCUT2D eigenvalue weighted by Gasteiger charge is 2.51. The first kappa shape index (κ1) is 18.6. The van der Waals surface area contributed by atoms with Gasteiger partial charge in [0, 0.05) is 23.2 Å². The fraction of sp³-hybridized carbons (Fsp3) is 0.476. The zero-order valence-corrected chi connectivity index (χ0v) is 15.8. The van der Waals surface area contributed by atoms with Crippen molar-refractivity contribution in [3.8, 4) is 11.3 Å². The van der Waals surface area contributed by atoms with Crippen molar-refractivity contribution in [3.63, 3.8) is 0 Å². The largest absolute Gasteiger partial charge is 0.464 e. The average molecular weight is 359 g/mol. The van der Waals surface area contributed by atoms with E-state index < -0.39 is 17.6 Å². The predicted molar refractivity (Wildman–Crippen MR) is 98.4 cm³/mol. The maximum atomic E-state index is 13.4. The van der Waals surface area contributed by atoms with Crippen LogP contribution < -0.4 is 0 Å². The Morgan fingerprint density at radius 1 is 1.23 bits per heavy atom. The molecular weight excluding hydrogens is 333 g/mol. The van der Waals surface area contributed by atoms with E-state index in [1.807, 2.05) is 23.6 Å². The van der Waals surface area contributed by atoms with E-state index in [0.717, 1.165) is 17.0 Å². The number of aliphatic hydroxyl groups excluding tert-OH is 1. The number of esters is 1. The molecule has 2 unspecified atom stereocenters. The van der Waals surface area contributed by atoms with E-state index in [0.29, 0.717) is 12.8 Å². The number of cyclic esters (lactones) is 1. The molecule has 1 N–H and O–H groups in total. The molecule has 4 nitrogen and oxygen atoms in total. The first-order chi connectivity index (χ1) is 12.2. The minimum Gasteiger partial charge on any atom is -0.464 e. The quantitative estimate of drug-likeness (QED) is 0.843. The lowest BCUT2D eigenvalue weighted by Gasteiger charge is -2.43. The molecular formula is C21H26FNO3. The van der Waals surface area contributed by atoms with Crippen LogP contribution in [0.25, 0.3) is 11.3 Å². The molecule has 1 aromatic heterocycles. The monoisotopic (exact) mass is 359 g/mol. The zero-order chi connectivity index (χ0) is 19.1. The molecule has 3 rings (SSSR count). The smallest absolute Gasteiger partial charge is 0.335 e. The lowest BCUT2D eigenvalue weighted by atomic mass is 9.82. The number of aliphatic hydroxyl groups is 1. The molecule has 1 fully saturated rings. The summed E-state index contributed by atoms with van der Waals surface area (Å²) in [6.07, 6.45) is -0.0511. The number of halogens is 1. The van der Waals surface area contributed by atoms with Crippen molar-refractivity contribution in [2.24, 2.45) is 0 Å². The summed E-state index contributed by atoms with van der Waals surface area (Å²) < 4.78 is 20.7. The SMILES string of the molecule is CCC1(n2c(-c3ccc(F)cc3)ccc2C(C)(C)C)C(=O)OCCC1O. The van der Waals surface area contributed by atoms with E-state index in [-0.39, 0.29) is 17.8 Å². The Bertz CT molecular complexity index is 804. The molecule has 5 heteroatoms. The number of carbonyl (C=O) groups excluding carboxylic acids is 1. The van der Waals surface area contributed by atoms with Crippen molar-refractivity contribution in [1.82, 2.24) is 4.57 Å². The van der Waals surface area contributed by atoms with Gasteiger partial charge < -0.3 is 14.4 Å². The van der Waals surface area contributed by atoms with E-state index in [1.165, 1.54) is 12.1 Å². The van der Waals surface area contributed by atoms with Crippen molar-refractivity contribution >= 4 is 5.97 Å². The van der Waals surface area contributed by atoms with Gasteiger partial charge in [-0.1, -0.05) is 27.7 Å². The Kier molecular flexibility index (Phi) is 4.69. The highest BCUT2D eigenvalue weighted by Crippen LogP contribution is 2.41. The van der Waals surface area contributed by atoms with E-state index in [1.54, 1.807) is 12.1 Å². The van der Waals surface area contributed by atoms with Crippen LogP contribution in [-0.4, -0.2) is 28.4 Å². The number of carbonyl (C=O) groups is 1. The third-order valence-corrected chi connectivity index (χ3v) is 5.26. The number of rotatable bonds is 3. The highest BCUT2D eigenvalue weighted by molar-refractivity contribution is 5.82. The average Bonchev–Trinajstić information content (AvgIpc) is 3.02. The van der Waals surface area contributed by atoms with Crippen LogP contribution >= 0.6 is 0 Å². The molecule has 0 spiro atoms. The van der Waals surface area contributed by atoms with Gasteiger partial charge in [0.2, 0.25) is 0 Å². The zero-order valence-electron chi connectivity index (χ0n) is 15.8. The van der Waals surface area contributed by atoms with Gasteiger partial charge >= 0.3 is 5.97 Å². The third-order valence-electron chi connectivity index (χ3n) is 5.26. The number of hydrogen-bond donors (Lipinski definition) is 1. The first-order valence-corrected chi connectivity index (χ1v) is 9.05. The lowest BCUT2D eigenvalue weighted by molar-refractivity contribution is -0.172. The molecule has 2 aromatic rings. The van der Waals surface area contributed by atoms with Crippen LogP contribution in [0.2, 0.25) is 0 Å². The molecule has 2 atom stereocenters. The number of aromatic nitrogens is 1. The van der Waals surface area contributed by atoms with Gasteiger partial charge in [0.05, 0.1) is 12.7 Å². The molecule has 1 aliphatic heterocycles. The summed E-state index contributed by atoms with van der Waals surface area (Å²) in [5, 5.41) is 10.9. The number of nitrogens with zero attached hydrogens (tertiary/aromatic N) is 1. The van der Waals surface area contributed by atoms with Crippen LogP contribution in [0.15, 0.2) is 36.4 Å². The summed E-state index contributed by atoms with van der Waals surface area (Å²) in [4.78, 5) is 12.9. The minimum atomic E-state index is -1.19. The van der Waals surface area contributed by atoms with Crippen LogP contribution in [-0.2, 0) is 20.5 Å². The molecule has 2 heterocycles. The summed E-state index contributed by atoms with van der Waals surface area (Å²) >= 11 is 0. The fourth-order valence-corrected chi connectivity index (χ4v) is 3.84. The molecule has 0 amide bonds. The van der Waals surface area contributed by atoms with Crippen molar-refractivity contribution in [3.05, 3.63) is 47.9 Å². The topological polar surface area (TPSA) is 51.5 Å². The maximum absolute atomic E-state index is 13.4. The standard InChI is InChI=1S/C21H26FNO3/c1-5-21(18(24)12-13-26-19(21)25)23-16(10-11-17(23)20(2,3)4)14-6-8-15(22)9-7-14/h6-11,18,24H,5,12-13H2,1-4H3. The van der Waals surface area contributed by atoms with E-state index in [4.69, 9.17) is 4.74 Å². The van der Waals surface area contributed by atoms with Gasteiger partial charge in [0.15, 0.2) is 5.54 Å². The fourth-order valence-electron chi connectivity index (χ4n) is 3.84. The Hall–Kier alpha value is -2.14. The molecule has 0 radical (unpaired) electrons.